The van der Waals surface area contributed by atoms with Gasteiger partial charge in [0.05, 0.1) is 13.3 Å². The van der Waals surface area contributed by atoms with Gasteiger partial charge < -0.3 is 5.32 Å². The van der Waals surface area contributed by atoms with Gasteiger partial charge in [-0.1, -0.05) is 0 Å². The first kappa shape index (κ1) is 12.4. The van der Waals surface area contributed by atoms with Gasteiger partial charge in [-0.15, -0.1) is 0 Å². The lowest BCUT2D eigenvalue weighted by Crippen LogP contribution is -2.76. The highest BCUT2D eigenvalue weighted by molar-refractivity contribution is 5.68. The molecular weight excluding hydrogens is 235 g/mol. The van der Waals surface area contributed by atoms with E-state index in [1.165, 1.54) is 6.07 Å². The molecule has 0 unspecified atom stereocenters. The maximum atomic E-state index is 12.8. The number of aromatic nitrogens is 2. The molecule has 0 saturated carbocycles. The summed E-state index contributed by atoms with van der Waals surface area (Å²) in [4.78, 5) is 13.1. The number of rotatable bonds is 4. The predicted molar refractivity (Wildman–Crippen MR) is 65.0 cm³/mol. The average molecular weight is 249 g/mol. The number of nitrogens with one attached hydrogen (secondary N) is 1. The molecule has 0 amide bonds. The SMILES string of the molecule is CO[NH2+]c1c(Nc2ccc(F)cn2)ccnc1C. The van der Waals surface area contributed by atoms with Crippen molar-refractivity contribution in [1.29, 1.82) is 0 Å². The molecule has 0 aliphatic carbocycles. The minimum absolute atomic E-state index is 0.366. The fourth-order valence-electron chi connectivity index (χ4n) is 1.54. The lowest BCUT2D eigenvalue weighted by Gasteiger charge is -2.09. The van der Waals surface area contributed by atoms with Gasteiger partial charge in [-0.05, 0) is 25.1 Å². The molecule has 2 aromatic rings. The fraction of sp³-hybridized carbons (Fsp3) is 0.167. The summed E-state index contributed by atoms with van der Waals surface area (Å²) in [7, 11) is 1.58. The molecule has 0 spiro atoms. The largest absolute Gasteiger partial charge is 0.335 e. The lowest BCUT2D eigenvalue weighted by atomic mass is 10.2. The van der Waals surface area contributed by atoms with Crippen molar-refractivity contribution in [3.8, 4) is 0 Å². The summed E-state index contributed by atoms with van der Waals surface area (Å²) in [5.41, 5.74) is 4.09. The van der Waals surface area contributed by atoms with Gasteiger partial charge in [0.15, 0.2) is 0 Å². The Bertz CT molecular complexity index is 530. The maximum absolute atomic E-state index is 12.8. The second-order valence-electron chi connectivity index (χ2n) is 3.70. The average Bonchev–Trinajstić information content (AvgIpc) is 2.36. The Balaban J connectivity index is 2.28. The lowest BCUT2D eigenvalue weighted by molar-refractivity contribution is -0.830. The van der Waals surface area contributed by atoms with E-state index in [9.17, 15) is 4.39 Å². The number of hydrogen-bond donors (Lipinski definition) is 2. The molecule has 0 fully saturated rings. The Labute approximate surface area is 104 Å². The van der Waals surface area contributed by atoms with E-state index in [-0.39, 0.29) is 5.82 Å². The van der Waals surface area contributed by atoms with E-state index in [0.717, 1.165) is 23.3 Å². The van der Waals surface area contributed by atoms with Crippen LogP contribution in [-0.2, 0) is 4.84 Å². The first-order chi connectivity index (χ1) is 8.70. The van der Waals surface area contributed by atoms with Crippen molar-refractivity contribution in [2.75, 3.05) is 12.4 Å². The number of quaternary nitrogens is 1. The zero-order chi connectivity index (χ0) is 13.0. The molecule has 0 atom stereocenters. The Morgan fingerprint density at radius 3 is 2.78 bits per heavy atom. The molecule has 0 aliphatic heterocycles. The van der Waals surface area contributed by atoms with Crippen molar-refractivity contribution in [1.82, 2.24) is 9.97 Å². The smallest absolute Gasteiger partial charge is 0.207 e. The molecular formula is C12H14FN4O+. The summed E-state index contributed by atoms with van der Waals surface area (Å²) >= 11 is 0. The van der Waals surface area contributed by atoms with Gasteiger partial charge in [-0.25, -0.2) is 14.2 Å². The molecule has 5 nitrogen and oxygen atoms in total. The van der Waals surface area contributed by atoms with Gasteiger partial charge in [0.25, 0.3) is 0 Å². The Hall–Kier alpha value is -2.05. The summed E-state index contributed by atoms with van der Waals surface area (Å²) < 4.78 is 12.8. The van der Waals surface area contributed by atoms with Gasteiger partial charge in [0.2, 0.25) is 5.69 Å². The molecule has 0 radical (unpaired) electrons. The number of nitrogens with two attached hydrogens (primary N) is 1. The Morgan fingerprint density at radius 1 is 1.28 bits per heavy atom. The van der Waals surface area contributed by atoms with Crippen molar-refractivity contribution in [3.63, 3.8) is 0 Å². The van der Waals surface area contributed by atoms with Crippen LogP contribution in [-0.4, -0.2) is 17.1 Å². The van der Waals surface area contributed by atoms with Crippen LogP contribution >= 0.6 is 0 Å². The highest BCUT2D eigenvalue weighted by atomic mass is 19.1. The highest BCUT2D eigenvalue weighted by Crippen LogP contribution is 2.22. The summed E-state index contributed by atoms with van der Waals surface area (Å²) in [5.74, 6) is 0.197. The van der Waals surface area contributed by atoms with Crippen LogP contribution in [0.3, 0.4) is 0 Å². The molecule has 3 N–H and O–H groups in total. The van der Waals surface area contributed by atoms with Crippen LogP contribution in [0.2, 0.25) is 0 Å². The quantitative estimate of drug-likeness (QED) is 0.804. The Kier molecular flexibility index (Phi) is 3.81. The molecule has 94 valence electrons. The van der Waals surface area contributed by atoms with E-state index < -0.39 is 0 Å². The molecule has 18 heavy (non-hydrogen) atoms. The summed E-state index contributed by atoms with van der Waals surface area (Å²) in [5, 5.41) is 3.10. The van der Waals surface area contributed by atoms with E-state index >= 15 is 0 Å². The van der Waals surface area contributed by atoms with Crippen molar-refractivity contribution in [2.45, 2.75) is 6.92 Å². The number of anilines is 2. The van der Waals surface area contributed by atoms with E-state index in [4.69, 9.17) is 4.84 Å². The van der Waals surface area contributed by atoms with Crippen LogP contribution in [0.5, 0.6) is 0 Å². The molecule has 0 saturated heterocycles. The monoisotopic (exact) mass is 249 g/mol. The third-order valence-corrected chi connectivity index (χ3v) is 2.42. The van der Waals surface area contributed by atoms with Gasteiger partial charge in [0.1, 0.15) is 23.0 Å². The van der Waals surface area contributed by atoms with Gasteiger partial charge in [0, 0.05) is 6.20 Å². The number of pyridine rings is 2. The van der Waals surface area contributed by atoms with E-state index in [0.29, 0.717) is 5.82 Å². The number of aryl methyl sites for hydroxylation is 1. The molecule has 2 aromatic heterocycles. The van der Waals surface area contributed by atoms with Crippen molar-refractivity contribution < 1.29 is 14.7 Å². The molecule has 2 rings (SSSR count). The second-order valence-corrected chi connectivity index (χ2v) is 3.70. The third-order valence-electron chi connectivity index (χ3n) is 2.42. The van der Waals surface area contributed by atoms with Crippen LogP contribution in [0.1, 0.15) is 5.69 Å². The minimum Gasteiger partial charge on any atom is -0.335 e. The maximum Gasteiger partial charge on any atom is 0.207 e. The van der Waals surface area contributed by atoms with Crippen molar-refractivity contribution in [3.05, 3.63) is 42.1 Å². The van der Waals surface area contributed by atoms with E-state index in [2.05, 4.69) is 15.3 Å². The zero-order valence-electron chi connectivity index (χ0n) is 10.1. The van der Waals surface area contributed by atoms with Crippen molar-refractivity contribution >= 4 is 17.2 Å². The molecule has 6 heteroatoms. The summed E-state index contributed by atoms with van der Waals surface area (Å²) in [6, 6.07) is 4.73. The van der Waals surface area contributed by atoms with Crippen LogP contribution in [0.4, 0.5) is 21.6 Å². The molecule has 0 aromatic carbocycles. The summed E-state index contributed by atoms with van der Waals surface area (Å²) in [6.45, 7) is 1.88. The van der Waals surface area contributed by atoms with Crippen LogP contribution in [0, 0.1) is 12.7 Å². The second kappa shape index (κ2) is 5.52. The highest BCUT2D eigenvalue weighted by Gasteiger charge is 2.11. The predicted octanol–water partition coefficient (Wildman–Crippen LogP) is 1.42. The Morgan fingerprint density at radius 2 is 2.11 bits per heavy atom. The normalized spacial score (nSPS) is 10.4. The minimum atomic E-state index is -0.366. The molecule has 0 bridgehead atoms. The summed E-state index contributed by atoms with van der Waals surface area (Å²) in [6.07, 6.45) is 2.85. The van der Waals surface area contributed by atoms with Crippen LogP contribution in [0.25, 0.3) is 0 Å². The molecule has 2 heterocycles. The zero-order valence-corrected chi connectivity index (χ0v) is 10.1. The van der Waals surface area contributed by atoms with Gasteiger partial charge in [-0.3, -0.25) is 4.98 Å². The number of nitrogens with zero attached hydrogens (tertiary/aromatic N) is 2. The fourth-order valence-corrected chi connectivity index (χ4v) is 1.54. The first-order valence-corrected chi connectivity index (χ1v) is 5.41. The third kappa shape index (κ3) is 2.79. The van der Waals surface area contributed by atoms with E-state index in [1.807, 2.05) is 13.0 Å². The van der Waals surface area contributed by atoms with Crippen LogP contribution < -0.4 is 10.8 Å². The number of halogens is 1. The van der Waals surface area contributed by atoms with E-state index in [1.54, 1.807) is 24.9 Å². The van der Waals surface area contributed by atoms with Gasteiger partial charge >= 0.3 is 0 Å². The first-order valence-electron chi connectivity index (χ1n) is 5.41. The van der Waals surface area contributed by atoms with Crippen molar-refractivity contribution in [2.24, 2.45) is 0 Å². The van der Waals surface area contributed by atoms with Crippen LogP contribution in [0.15, 0.2) is 30.6 Å². The van der Waals surface area contributed by atoms with Gasteiger partial charge in [-0.2, -0.15) is 5.48 Å². The standard InChI is InChI=1S/C12H13FN4O/c1-8-12(17-18-2)10(5-6-14-8)16-11-4-3-9(13)7-15-11/h3-7,17H,1-2H3,(H,14,15,16)/p+1. The number of hydrogen-bond acceptors (Lipinski definition) is 4. The topological polar surface area (TPSA) is 63.6 Å². The molecule has 0 aliphatic rings.